The highest BCUT2D eigenvalue weighted by Gasteiger charge is 1.93. The lowest BCUT2D eigenvalue weighted by molar-refractivity contribution is 0.271. The zero-order valence-electron chi connectivity index (χ0n) is 10.1. The molecule has 0 bridgehead atoms. The van der Waals surface area contributed by atoms with E-state index >= 15 is 0 Å². The Balaban J connectivity index is 0.000000325. The lowest BCUT2D eigenvalue weighted by Gasteiger charge is -1.92. The highest BCUT2D eigenvalue weighted by Crippen LogP contribution is 1.97. The first-order valence-corrected chi connectivity index (χ1v) is 5.51. The third-order valence-corrected chi connectivity index (χ3v) is 1.96. The summed E-state index contributed by atoms with van der Waals surface area (Å²) in [5.74, 6) is 0.0324. The van der Waals surface area contributed by atoms with Gasteiger partial charge < -0.3 is 16.2 Å². The summed E-state index contributed by atoms with van der Waals surface area (Å²) in [6.45, 7) is 4.49. The molecular weight excluding hydrogens is 204 g/mol. The van der Waals surface area contributed by atoms with Crippen LogP contribution in [0, 0.1) is 11.3 Å². The topological polar surface area (TPSA) is 87.9 Å². The molecule has 0 saturated carbocycles. The molecule has 0 radical (unpaired) electrons. The Labute approximate surface area is 96.8 Å². The van der Waals surface area contributed by atoms with Gasteiger partial charge in [0.2, 0.25) is 0 Å². The molecule has 16 heavy (non-hydrogen) atoms. The smallest absolute Gasteiger partial charge is 0.0878 e. The summed E-state index contributed by atoms with van der Waals surface area (Å²) < 4.78 is 1.74. The molecule has 0 aromatic carbocycles. The van der Waals surface area contributed by atoms with Crippen molar-refractivity contribution >= 4 is 6.21 Å². The lowest BCUT2D eigenvalue weighted by Crippen LogP contribution is -2.07. The van der Waals surface area contributed by atoms with Gasteiger partial charge in [-0.05, 0) is 12.5 Å². The van der Waals surface area contributed by atoms with E-state index in [0.29, 0.717) is 6.67 Å². The predicted molar refractivity (Wildman–Crippen MR) is 65.4 cm³/mol. The standard InChI is InChI=1S/C7H13N3.C4H9NO/c1-2-3-7-4-5-10(6-8)9-7;1-4(2-5)3-6/h4-5H,2-3,6,8H2,1H3;2,4-6H,3H2,1H3. The lowest BCUT2D eigenvalue weighted by atomic mass is 10.2. The minimum absolute atomic E-state index is 0.0324. The van der Waals surface area contributed by atoms with E-state index in [2.05, 4.69) is 12.0 Å². The first-order valence-electron chi connectivity index (χ1n) is 5.51. The zero-order valence-corrected chi connectivity index (χ0v) is 10.1. The van der Waals surface area contributed by atoms with Crippen LogP contribution in [0.5, 0.6) is 0 Å². The monoisotopic (exact) mass is 226 g/mol. The van der Waals surface area contributed by atoms with E-state index in [1.807, 2.05) is 12.3 Å². The highest BCUT2D eigenvalue weighted by atomic mass is 16.3. The number of aliphatic hydroxyl groups excluding tert-OH is 1. The Hall–Kier alpha value is -1.20. The largest absolute Gasteiger partial charge is 0.396 e. The molecule has 0 aliphatic carbocycles. The van der Waals surface area contributed by atoms with Gasteiger partial charge >= 0.3 is 0 Å². The van der Waals surface area contributed by atoms with Crippen LogP contribution in [0.25, 0.3) is 0 Å². The van der Waals surface area contributed by atoms with E-state index in [1.54, 1.807) is 11.6 Å². The van der Waals surface area contributed by atoms with E-state index in [1.165, 1.54) is 6.21 Å². The molecule has 1 rings (SSSR count). The third kappa shape index (κ3) is 6.31. The van der Waals surface area contributed by atoms with Gasteiger partial charge in [-0.3, -0.25) is 4.68 Å². The quantitative estimate of drug-likeness (QED) is 0.655. The summed E-state index contributed by atoms with van der Waals surface area (Å²) in [6, 6.07) is 2.01. The maximum Gasteiger partial charge on any atom is 0.0878 e. The van der Waals surface area contributed by atoms with E-state index in [0.717, 1.165) is 18.5 Å². The Bertz CT molecular complexity index is 285. The minimum atomic E-state index is 0.0324. The van der Waals surface area contributed by atoms with Crippen molar-refractivity contribution in [2.75, 3.05) is 6.61 Å². The summed E-state index contributed by atoms with van der Waals surface area (Å²) >= 11 is 0. The van der Waals surface area contributed by atoms with Crippen LogP contribution in [0.1, 0.15) is 26.0 Å². The highest BCUT2D eigenvalue weighted by molar-refractivity contribution is 5.55. The van der Waals surface area contributed by atoms with Crippen LogP contribution in [-0.4, -0.2) is 27.7 Å². The van der Waals surface area contributed by atoms with Gasteiger partial charge in [0, 0.05) is 18.3 Å². The Kier molecular flexibility index (Phi) is 8.38. The average Bonchev–Trinajstić information content (AvgIpc) is 2.77. The number of hydrogen-bond acceptors (Lipinski definition) is 4. The number of nitrogens with one attached hydrogen (secondary N) is 1. The molecule has 1 atom stereocenters. The van der Waals surface area contributed by atoms with Crippen LogP contribution in [0.2, 0.25) is 0 Å². The normalized spacial score (nSPS) is 11.5. The summed E-state index contributed by atoms with van der Waals surface area (Å²) in [5.41, 5.74) is 6.49. The van der Waals surface area contributed by atoms with Gasteiger partial charge in [-0.2, -0.15) is 5.10 Å². The van der Waals surface area contributed by atoms with Crippen molar-refractivity contribution in [3.8, 4) is 0 Å². The number of aliphatic hydroxyl groups is 1. The molecule has 0 aliphatic heterocycles. The summed E-state index contributed by atoms with van der Waals surface area (Å²) in [7, 11) is 0. The Morgan fingerprint density at radius 3 is 2.69 bits per heavy atom. The molecule has 92 valence electrons. The van der Waals surface area contributed by atoms with E-state index in [4.69, 9.17) is 16.2 Å². The number of hydrogen-bond donors (Lipinski definition) is 3. The van der Waals surface area contributed by atoms with Gasteiger partial charge in [0.1, 0.15) is 0 Å². The number of rotatable bonds is 5. The molecule has 0 fully saturated rings. The Morgan fingerprint density at radius 1 is 1.69 bits per heavy atom. The maximum atomic E-state index is 8.18. The molecule has 1 aromatic heterocycles. The summed E-state index contributed by atoms with van der Waals surface area (Å²) in [4.78, 5) is 0. The maximum absolute atomic E-state index is 8.18. The molecule has 0 aliphatic rings. The fraction of sp³-hybridized carbons (Fsp3) is 0.636. The van der Waals surface area contributed by atoms with Gasteiger partial charge in [-0.1, -0.05) is 20.3 Å². The molecule has 4 N–H and O–H groups in total. The second-order valence-corrected chi connectivity index (χ2v) is 3.61. The zero-order chi connectivity index (χ0) is 12.4. The van der Waals surface area contributed by atoms with Gasteiger partial charge in [0.05, 0.1) is 19.0 Å². The van der Waals surface area contributed by atoms with Crippen molar-refractivity contribution in [1.29, 1.82) is 5.41 Å². The van der Waals surface area contributed by atoms with Crippen LogP contribution < -0.4 is 5.73 Å². The van der Waals surface area contributed by atoms with Crippen molar-refractivity contribution in [2.45, 2.75) is 33.4 Å². The first kappa shape index (κ1) is 14.8. The van der Waals surface area contributed by atoms with Crippen molar-refractivity contribution in [2.24, 2.45) is 11.7 Å². The molecule has 0 saturated heterocycles. The summed E-state index contributed by atoms with van der Waals surface area (Å²) in [6.07, 6.45) is 5.32. The van der Waals surface area contributed by atoms with E-state index in [-0.39, 0.29) is 12.5 Å². The number of nitrogens with zero attached hydrogens (tertiary/aromatic N) is 2. The molecular formula is C11H22N4O. The van der Waals surface area contributed by atoms with Crippen molar-refractivity contribution in [3.05, 3.63) is 18.0 Å². The fourth-order valence-electron chi connectivity index (χ4n) is 0.948. The average molecular weight is 226 g/mol. The number of aromatic nitrogens is 2. The first-order chi connectivity index (χ1) is 7.67. The number of aryl methyl sites for hydroxylation is 1. The van der Waals surface area contributed by atoms with Crippen LogP contribution in [0.4, 0.5) is 0 Å². The SMILES string of the molecule is CC(C=N)CO.CCCc1ccn(CN)n1. The van der Waals surface area contributed by atoms with Crippen molar-refractivity contribution in [3.63, 3.8) is 0 Å². The van der Waals surface area contributed by atoms with Crippen LogP contribution in [-0.2, 0) is 13.1 Å². The van der Waals surface area contributed by atoms with Crippen LogP contribution in [0.3, 0.4) is 0 Å². The van der Waals surface area contributed by atoms with Crippen molar-refractivity contribution in [1.82, 2.24) is 9.78 Å². The molecule has 0 spiro atoms. The molecule has 5 nitrogen and oxygen atoms in total. The van der Waals surface area contributed by atoms with E-state index < -0.39 is 0 Å². The van der Waals surface area contributed by atoms with Gasteiger partial charge in [0.15, 0.2) is 0 Å². The van der Waals surface area contributed by atoms with Crippen molar-refractivity contribution < 1.29 is 5.11 Å². The second-order valence-electron chi connectivity index (χ2n) is 3.61. The molecule has 1 unspecified atom stereocenters. The summed E-state index contributed by atoms with van der Waals surface area (Å²) in [5, 5.41) is 18.9. The second kappa shape index (κ2) is 9.06. The third-order valence-electron chi connectivity index (χ3n) is 1.96. The fourth-order valence-corrected chi connectivity index (χ4v) is 0.948. The molecule has 5 heteroatoms. The molecule has 1 aromatic rings. The minimum Gasteiger partial charge on any atom is -0.396 e. The Morgan fingerprint density at radius 2 is 2.38 bits per heavy atom. The van der Waals surface area contributed by atoms with Gasteiger partial charge in [-0.25, -0.2) is 0 Å². The predicted octanol–water partition coefficient (Wildman–Crippen LogP) is 1.02. The van der Waals surface area contributed by atoms with E-state index in [9.17, 15) is 0 Å². The number of nitrogens with two attached hydrogens (primary N) is 1. The van der Waals surface area contributed by atoms with Crippen LogP contribution in [0.15, 0.2) is 12.3 Å². The van der Waals surface area contributed by atoms with Gasteiger partial charge in [0.25, 0.3) is 0 Å². The molecule has 0 amide bonds. The molecule has 1 heterocycles. The van der Waals surface area contributed by atoms with Gasteiger partial charge in [-0.15, -0.1) is 0 Å². The van der Waals surface area contributed by atoms with Crippen LogP contribution >= 0.6 is 0 Å².